The maximum absolute atomic E-state index is 2.25. The molecule has 11 heavy (non-hydrogen) atoms. The first-order valence-corrected chi connectivity index (χ1v) is 4.22. The highest BCUT2D eigenvalue weighted by atomic mass is 14.0. The van der Waals surface area contributed by atoms with Crippen molar-refractivity contribution in [2.24, 2.45) is 0 Å². The third-order valence-corrected chi connectivity index (χ3v) is 1.66. The summed E-state index contributed by atoms with van der Waals surface area (Å²) in [7, 11) is 0. The Labute approximate surface area is 70.3 Å². The molecule has 0 aliphatic rings. The van der Waals surface area contributed by atoms with E-state index in [0.717, 1.165) is 6.42 Å². The van der Waals surface area contributed by atoms with Gasteiger partial charge in [0.05, 0.1) is 0 Å². The molecule has 0 aromatic heterocycles. The van der Waals surface area contributed by atoms with Gasteiger partial charge >= 0.3 is 0 Å². The van der Waals surface area contributed by atoms with E-state index in [4.69, 9.17) is 0 Å². The van der Waals surface area contributed by atoms with E-state index < -0.39 is 0 Å². The fourth-order valence-electron chi connectivity index (χ4n) is 0.927. The highest BCUT2D eigenvalue weighted by molar-refractivity contribution is 5.37. The Bertz CT molecular complexity index is 180. The lowest BCUT2D eigenvalue weighted by molar-refractivity contribution is 1.19. The fraction of sp³-hybridized carbons (Fsp3) is 0.455. The first kappa shape index (κ1) is 10.2. The maximum atomic E-state index is 2.25. The molecule has 0 atom stereocenters. The van der Waals surface area contributed by atoms with Gasteiger partial charge in [0.2, 0.25) is 0 Å². The first-order valence-electron chi connectivity index (χ1n) is 4.22. The average Bonchev–Trinajstić information content (AvgIpc) is 2.03. The van der Waals surface area contributed by atoms with Crippen molar-refractivity contribution in [2.45, 2.75) is 34.1 Å². The highest BCUT2D eigenvalue weighted by Gasteiger charge is 1.90. The standard InChI is InChI=1S/C11H18/c1-5-8-11(9-6-2)10(4)7-3/h5,7-9H,6H2,1-4H3. The molecule has 0 aliphatic heterocycles. The molecular weight excluding hydrogens is 132 g/mol. The summed E-state index contributed by atoms with van der Waals surface area (Å²) in [5, 5.41) is 0. The van der Waals surface area contributed by atoms with Crippen LogP contribution in [0.5, 0.6) is 0 Å². The van der Waals surface area contributed by atoms with Gasteiger partial charge in [-0.25, -0.2) is 0 Å². The fourth-order valence-corrected chi connectivity index (χ4v) is 0.927. The molecule has 0 N–H and O–H groups in total. The lowest BCUT2D eigenvalue weighted by Crippen LogP contribution is -1.79. The molecule has 0 saturated heterocycles. The van der Waals surface area contributed by atoms with Crippen LogP contribution >= 0.6 is 0 Å². The van der Waals surface area contributed by atoms with Crippen molar-refractivity contribution in [3.05, 3.63) is 35.5 Å². The zero-order valence-corrected chi connectivity index (χ0v) is 8.02. The largest absolute Gasteiger partial charge is 0.0871 e. The normalized spacial score (nSPS) is 14.5. The van der Waals surface area contributed by atoms with Crippen molar-refractivity contribution < 1.29 is 0 Å². The molecule has 62 valence electrons. The van der Waals surface area contributed by atoms with Gasteiger partial charge in [-0.1, -0.05) is 31.2 Å². The van der Waals surface area contributed by atoms with Crippen LogP contribution in [-0.2, 0) is 0 Å². The van der Waals surface area contributed by atoms with Gasteiger partial charge in [-0.15, -0.1) is 0 Å². The number of hydrogen-bond acceptors (Lipinski definition) is 0. The molecule has 0 nitrogen and oxygen atoms in total. The maximum Gasteiger partial charge on any atom is -0.0274 e. The quantitative estimate of drug-likeness (QED) is 0.536. The molecule has 0 radical (unpaired) electrons. The molecule has 0 aliphatic carbocycles. The lowest BCUT2D eigenvalue weighted by atomic mass is 10.1. The molecule has 0 fully saturated rings. The van der Waals surface area contributed by atoms with Gasteiger partial charge in [0.15, 0.2) is 0 Å². The summed E-state index contributed by atoms with van der Waals surface area (Å²) < 4.78 is 0. The second-order valence-electron chi connectivity index (χ2n) is 2.54. The minimum absolute atomic E-state index is 1.10. The Balaban J connectivity index is 4.47. The molecule has 0 saturated carbocycles. The topological polar surface area (TPSA) is 0 Å². The van der Waals surface area contributed by atoms with Crippen LogP contribution in [0.4, 0.5) is 0 Å². The molecule has 0 bridgehead atoms. The number of hydrogen-bond donors (Lipinski definition) is 0. The van der Waals surface area contributed by atoms with Crippen LogP contribution in [0.15, 0.2) is 35.5 Å². The van der Waals surface area contributed by atoms with Crippen molar-refractivity contribution in [3.63, 3.8) is 0 Å². The Morgan fingerprint density at radius 2 is 1.91 bits per heavy atom. The monoisotopic (exact) mass is 150 g/mol. The van der Waals surface area contributed by atoms with Gasteiger partial charge in [-0.2, -0.15) is 0 Å². The third kappa shape index (κ3) is 3.82. The zero-order valence-electron chi connectivity index (χ0n) is 8.02. The van der Waals surface area contributed by atoms with E-state index in [0.29, 0.717) is 0 Å². The zero-order chi connectivity index (χ0) is 8.69. The van der Waals surface area contributed by atoms with Crippen molar-refractivity contribution >= 4 is 0 Å². The van der Waals surface area contributed by atoms with Gasteiger partial charge in [0, 0.05) is 0 Å². The molecule has 0 amide bonds. The second kappa shape index (κ2) is 5.96. The smallest absolute Gasteiger partial charge is 0.0274 e. The first-order chi connectivity index (χ1) is 5.26. The van der Waals surface area contributed by atoms with Crippen LogP contribution in [0, 0.1) is 0 Å². The third-order valence-electron chi connectivity index (χ3n) is 1.66. The van der Waals surface area contributed by atoms with Gasteiger partial charge in [-0.05, 0) is 38.3 Å². The SMILES string of the molecule is CC=CC(=CCC)C(C)=CC. The van der Waals surface area contributed by atoms with Crippen LogP contribution in [-0.4, -0.2) is 0 Å². The van der Waals surface area contributed by atoms with Crippen LogP contribution in [0.1, 0.15) is 34.1 Å². The summed E-state index contributed by atoms with van der Waals surface area (Å²) in [6, 6.07) is 0. The molecule has 0 aromatic carbocycles. The van der Waals surface area contributed by atoms with Crippen molar-refractivity contribution in [3.8, 4) is 0 Å². The minimum atomic E-state index is 1.10. The van der Waals surface area contributed by atoms with Crippen LogP contribution < -0.4 is 0 Å². The van der Waals surface area contributed by atoms with E-state index in [9.17, 15) is 0 Å². The van der Waals surface area contributed by atoms with Crippen molar-refractivity contribution in [2.75, 3.05) is 0 Å². The van der Waals surface area contributed by atoms with Gasteiger partial charge < -0.3 is 0 Å². The van der Waals surface area contributed by atoms with E-state index in [1.165, 1.54) is 11.1 Å². The van der Waals surface area contributed by atoms with Crippen LogP contribution in [0.25, 0.3) is 0 Å². The summed E-state index contributed by atoms with van der Waals surface area (Å²) in [6.07, 6.45) is 9.72. The summed E-state index contributed by atoms with van der Waals surface area (Å²) in [6.45, 7) is 8.42. The van der Waals surface area contributed by atoms with Gasteiger partial charge in [-0.3, -0.25) is 0 Å². The Morgan fingerprint density at radius 1 is 1.27 bits per heavy atom. The molecule has 0 unspecified atom stereocenters. The van der Waals surface area contributed by atoms with E-state index in [-0.39, 0.29) is 0 Å². The van der Waals surface area contributed by atoms with Gasteiger partial charge in [0.25, 0.3) is 0 Å². The van der Waals surface area contributed by atoms with E-state index >= 15 is 0 Å². The molecule has 0 heterocycles. The molecular formula is C11H18. The highest BCUT2D eigenvalue weighted by Crippen LogP contribution is 2.11. The molecule has 0 rings (SSSR count). The van der Waals surface area contributed by atoms with E-state index in [1.54, 1.807) is 0 Å². The summed E-state index contributed by atoms with van der Waals surface area (Å²) in [5.41, 5.74) is 2.70. The van der Waals surface area contributed by atoms with Crippen LogP contribution in [0.3, 0.4) is 0 Å². The second-order valence-corrected chi connectivity index (χ2v) is 2.54. The van der Waals surface area contributed by atoms with Crippen molar-refractivity contribution in [1.82, 2.24) is 0 Å². The summed E-state index contributed by atoms with van der Waals surface area (Å²) in [5.74, 6) is 0. The molecule has 0 heteroatoms. The van der Waals surface area contributed by atoms with Gasteiger partial charge in [0.1, 0.15) is 0 Å². The number of rotatable bonds is 3. The Hall–Kier alpha value is -0.780. The summed E-state index contributed by atoms with van der Waals surface area (Å²) in [4.78, 5) is 0. The minimum Gasteiger partial charge on any atom is -0.0871 e. The van der Waals surface area contributed by atoms with E-state index in [1.807, 2.05) is 6.92 Å². The predicted octanol–water partition coefficient (Wildman–Crippen LogP) is 3.87. The van der Waals surface area contributed by atoms with Crippen molar-refractivity contribution in [1.29, 1.82) is 0 Å². The molecule has 0 spiro atoms. The average molecular weight is 150 g/mol. The van der Waals surface area contributed by atoms with E-state index in [2.05, 4.69) is 45.1 Å². The number of allylic oxidation sites excluding steroid dienone is 6. The Kier molecular flexibility index (Phi) is 5.54. The summed E-state index contributed by atoms with van der Waals surface area (Å²) >= 11 is 0. The lowest BCUT2D eigenvalue weighted by Gasteiger charge is -1.99. The molecule has 0 aromatic rings. The Morgan fingerprint density at radius 3 is 2.27 bits per heavy atom. The van der Waals surface area contributed by atoms with Crippen LogP contribution in [0.2, 0.25) is 0 Å². The predicted molar refractivity (Wildman–Crippen MR) is 52.6 cm³/mol.